The van der Waals surface area contributed by atoms with Crippen molar-refractivity contribution >= 4 is 0 Å². The summed E-state index contributed by atoms with van der Waals surface area (Å²) in [7, 11) is 0. The quantitative estimate of drug-likeness (QED) is 0.616. The molecule has 0 aromatic heterocycles. The Bertz CT molecular complexity index is 495. The number of hydrogen-bond donors (Lipinski definition) is 3. The molecule has 3 N–H and O–H groups in total. The molecule has 1 aliphatic rings. The van der Waals surface area contributed by atoms with Crippen molar-refractivity contribution in [2.45, 2.75) is 20.3 Å². The van der Waals surface area contributed by atoms with E-state index in [0.29, 0.717) is 5.57 Å². The molecular formula is C13H14N2O3. The van der Waals surface area contributed by atoms with E-state index in [9.17, 15) is 15.3 Å². The van der Waals surface area contributed by atoms with E-state index < -0.39 is 17.3 Å². The van der Waals surface area contributed by atoms with Crippen molar-refractivity contribution in [1.29, 1.82) is 10.5 Å². The molecule has 0 atom stereocenters. The van der Waals surface area contributed by atoms with E-state index in [1.807, 2.05) is 13.8 Å². The number of hydrogen-bond acceptors (Lipinski definition) is 5. The summed E-state index contributed by atoms with van der Waals surface area (Å²) in [5.41, 5.74) is 0.319. The fourth-order valence-electron chi connectivity index (χ4n) is 1.12. The van der Waals surface area contributed by atoms with Crippen LogP contribution >= 0.6 is 0 Å². The highest BCUT2D eigenvalue weighted by Crippen LogP contribution is 2.20. The van der Waals surface area contributed by atoms with Crippen LogP contribution in [0.25, 0.3) is 0 Å². The van der Waals surface area contributed by atoms with E-state index in [4.69, 9.17) is 10.5 Å². The summed E-state index contributed by atoms with van der Waals surface area (Å²) in [6, 6.07) is 3.34. The van der Waals surface area contributed by atoms with Gasteiger partial charge in [0.15, 0.2) is 17.3 Å². The topological polar surface area (TPSA) is 108 Å². The Labute approximate surface area is 106 Å². The number of allylic oxidation sites excluding steroid dienone is 5. The molecule has 1 aliphatic carbocycles. The summed E-state index contributed by atoms with van der Waals surface area (Å²) < 4.78 is 0. The molecule has 0 amide bonds. The molecular weight excluding hydrogens is 232 g/mol. The lowest BCUT2D eigenvalue weighted by molar-refractivity contribution is 0.291. The molecule has 0 aromatic carbocycles. The number of nitrogens with zero attached hydrogens (tertiary/aromatic N) is 2. The third kappa shape index (κ3) is 4.07. The van der Waals surface area contributed by atoms with Crippen molar-refractivity contribution in [3.63, 3.8) is 0 Å². The van der Waals surface area contributed by atoms with Gasteiger partial charge >= 0.3 is 0 Å². The van der Waals surface area contributed by atoms with Crippen LogP contribution in [0.1, 0.15) is 20.3 Å². The van der Waals surface area contributed by atoms with Gasteiger partial charge in [0, 0.05) is 0 Å². The fraction of sp³-hybridized carbons (Fsp3) is 0.231. The summed E-state index contributed by atoms with van der Waals surface area (Å²) in [5, 5.41) is 44.8. The van der Waals surface area contributed by atoms with Crippen molar-refractivity contribution in [3.05, 3.63) is 46.7 Å². The zero-order valence-corrected chi connectivity index (χ0v) is 10.2. The van der Waals surface area contributed by atoms with Crippen LogP contribution < -0.4 is 0 Å². The third-order valence-corrected chi connectivity index (χ3v) is 1.91. The van der Waals surface area contributed by atoms with E-state index >= 15 is 0 Å². The zero-order chi connectivity index (χ0) is 14.1. The first kappa shape index (κ1) is 15.3. The molecule has 0 aromatic rings. The number of rotatable bonds is 1. The Balaban J connectivity index is 0.00000137. The van der Waals surface area contributed by atoms with Gasteiger partial charge in [-0.25, -0.2) is 0 Å². The van der Waals surface area contributed by atoms with Crippen molar-refractivity contribution in [2.24, 2.45) is 0 Å². The van der Waals surface area contributed by atoms with Gasteiger partial charge in [-0.2, -0.15) is 10.5 Å². The molecule has 0 unspecified atom stereocenters. The lowest BCUT2D eigenvalue weighted by Crippen LogP contribution is -1.90. The molecule has 0 aliphatic heterocycles. The normalized spacial score (nSPS) is 13.8. The molecule has 0 saturated heterocycles. The van der Waals surface area contributed by atoms with Gasteiger partial charge in [-0.05, 0) is 30.2 Å². The van der Waals surface area contributed by atoms with Crippen molar-refractivity contribution < 1.29 is 15.3 Å². The van der Waals surface area contributed by atoms with Gasteiger partial charge in [0.1, 0.15) is 17.7 Å². The standard InChI is InChI=1S/C11H8N2O3.C2H6/c12-5-8(6-13)3-7-1-2-9(14)11(16)10(15)4-7;1-2/h2-4,14-16H,1H2;1-2H3. The van der Waals surface area contributed by atoms with E-state index in [1.165, 1.54) is 18.2 Å². The van der Waals surface area contributed by atoms with Crippen LogP contribution in [0, 0.1) is 22.7 Å². The van der Waals surface area contributed by atoms with E-state index in [2.05, 4.69) is 0 Å². The van der Waals surface area contributed by atoms with Gasteiger partial charge in [0.25, 0.3) is 0 Å². The molecule has 94 valence electrons. The molecule has 5 nitrogen and oxygen atoms in total. The fourth-order valence-corrected chi connectivity index (χ4v) is 1.12. The summed E-state index contributed by atoms with van der Waals surface area (Å²) in [5.74, 6) is -1.57. The number of aliphatic hydroxyl groups excluding tert-OH is 3. The lowest BCUT2D eigenvalue weighted by atomic mass is 10.1. The second-order valence-electron chi connectivity index (χ2n) is 3.03. The minimum absolute atomic E-state index is 0.117. The lowest BCUT2D eigenvalue weighted by Gasteiger charge is -1.96. The maximum Gasteiger partial charge on any atom is 0.199 e. The third-order valence-electron chi connectivity index (χ3n) is 1.91. The van der Waals surface area contributed by atoms with Crippen LogP contribution in [0.3, 0.4) is 0 Å². The first-order chi connectivity index (χ1) is 8.58. The minimum Gasteiger partial charge on any atom is -0.504 e. The summed E-state index contributed by atoms with van der Waals surface area (Å²) in [4.78, 5) is 0. The second kappa shape index (κ2) is 7.59. The first-order valence-electron chi connectivity index (χ1n) is 5.32. The van der Waals surface area contributed by atoms with Crippen LogP contribution in [0.2, 0.25) is 0 Å². The Kier molecular flexibility index (Phi) is 6.47. The van der Waals surface area contributed by atoms with Crippen LogP contribution in [0.15, 0.2) is 46.7 Å². The van der Waals surface area contributed by atoms with Gasteiger partial charge in [0.2, 0.25) is 0 Å². The molecule has 0 fully saturated rings. The molecule has 0 bridgehead atoms. The Morgan fingerprint density at radius 2 is 1.78 bits per heavy atom. The van der Waals surface area contributed by atoms with Gasteiger partial charge in [-0.1, -0.05) is 13.8 Å². The SMILES string of the molecule is CC.N#CC(C#N)=CC1=CC(O)=C(O)C(O)=CC1. The largest absolute Gasteiger partial charge is 0.504 e. The van der Waals surface area contributed by atoms with Crippen LogP contribution in [0.4, 0.5) is 0 Å². The van der Waals surface area contributed by atoms with Crippen LogP contribution in [-0.2, 0) is 0 Å². The molecule has 5 heteroatoms. The minimum atomic E-state index is -0.626. The molecule has 0 saturated carbocycles. The highest BCUT2D eigenvalue weighted by Gasteiger charge is 2.11. The summed E-state index contributed by atoms with van der Waals surface area (Å²) >= 11 is 0. The molecule has 1 rings (SSSR count). The maximum absolute atomic E-state index is 9.31. The maximum atomic E-state index is 9.31. The summed E-state index contributed by atoms with van der Waals surface area (Å²) in [6.45, 7) is 4.00. The highest BCUT2D eigenvalue weighted by molar-refractivity contribution is 5.45. The predicted octanol–water partition coefficient (Wildman–Crippen LogP) is 3.09. The number of nitriles is 2. The van der Waals surface area contributed by atoms with E-state index in [1.54, 1.807) is 12.1 Å². The monoisotopic (exact) mass is 246 g/mol. The second-order valence-corrected chi connectivity index (χ2v) is 3.03. The van der Waals surface area contributed by atoms with Crippen molar-refractivity contribution in [2.75, 3.05) is 0 Å². The van der Waals surface area contributed by atoms with E-state index in [-0.39, 0.29) is 12.0 Å². The van der Waals surface area contributed by atoms with Crippen molar-refractivity contribution in [3.8, 4) is 12.1 Å². The Morgan fingerprint density at radius 3 is 2.28 bits per heavy atom. The molecule has 18 heavy (non-hydrogen) atoms. The van der Waals surface area contributed by atoms with Gasteiger partial charge < -0.3 is 15.3 Å². The predicted molar refractivity (Wildman–Crippen MR) is 66.4 cm³/mol. The Morgan fingerprint density at radius 1 is 1.22 bits per heavy atom. The van der Waals surface area contributed by atoms with Gasteiger partial charge in [0.05, 0.1) is 0 Å². The Hall–Kier alpha value is -2.66. The van der Waals surface area contributed by atoms with E-state index in [0.717, 1.165) is 0 Å². The van der Waals surface area contributed by atoms with Crippen molar-refractivity contribution in [1.82, 2.24) is 0 Å². The average molecular weight is 246 g/mol. The van der Waals surface area contributed by atoms with Gasteiger partial charge in [-0.15, -0.1) is 0 Å². The molecule has 0 radical (unpaired) electrons. The number of aliphatic hydroxyl groups is 3. The average Bonchev–Trinajstić information content (AvgIpc) is 2.52. The van der Waals surface area contributed by atoms with Gasteiger partial charge in [-0.3, -0.25) is 0 Å². The smallest absolute Gasteiger partial charge is 0.199 e. The molecule has 0 spiro atoms. The van der Waals surface area contributed by atoms with Crippen LogP contribution in [-0.4, -0.2) is 15.3 Å². The zero-order valence-electron chi connectivity index (χ0n) is 10.2. The molecule has 0 heterocycles. The van der Waals surface area contributed by atoms with Crippen LogP contribution in [0.5, 0.6) is 0 Å². The highest BCUT2D eigenvalue weighted by atomic mass is 16.3. The first-order valence-corrected chi connectivity index (χ1v) is 5.32. The summed E-state index contributed by atoms with van der Waals surface area (Å²) in [6.07, 6.45) is 3.93.